The number of aromatic carboxylic acids is 1. The lowest BCUT2D eigenvalue weighted by Crippen LogP contribution is -2.22. The molecule has 0 amide bonds. The Morgan fingerprint density at radius 1 is 1.27 bits per heavy atom. The van der Waals surface area contributed by atoms with Gasteiger partial charge in [0.25, 0.3) is 0 Å². The predicted octanol–water partition coefficient (Wildman–Crippen LogP) is 4.28. The fraction of sp³-hybridized carbons (Fsp3) is 0.222. The van der Waals surface area contributed by atoms with Gasteiger partial charge in [-0.2, -0.15) is 13.2 Å². The first kappa shape index (κ1) is 17.8. The van der Waals surface area contributed by atoms with Gasteiger partial charge in [0.1, 0.15) is 19.0 Å². The van der Waals surface area contributed by atoms with Crippen molar-refractivity contribution in [3.63, 3.8) is 0 Å². The number of carboxylic acids is 1. The molecule has 2 aromatic carbocycles. The smallest absolute Gasteiger partial charge is 0.416 e. The number of halogens is 3. The molecule has 0 saturated heterocycles. The number of rotatable bonds is 3. The van der Waals surface area contributed by atoms with Crippen molar-refractivity contribution in [2.75, 3.05) is 7.11 Å². The highest BCUT2D eigenvalue weighted by Gasteiger charge is 2.34. The summed E-state index contributed by atoms with van der Waals surface area (Å²) < 4.78 is 44.7. The third-order valence-electron chi connectivity index (χ3n) is 3.97. The van der Waals surface area contributed by atoms with Crippen LogP contribution in [0.4, 0.5) is 13.2 Å². The summed E-state index contributed by atoms with van der Waals surface area (Å²) in [5, 5.41) is 13.0. The molecule has 5 nitrogen and oxygen atoms in total. The van der Waals surface area contributed by atoms with Crippen LogP contribution >= 0.6 is 0 Å². The highest BCUT2D eigenvalue weighted by molar-refractivity contribution is 6.04. The van der Waals surface area contributed by atoms with E-state index in [0.717, 1.165) is 12.1 Å². The zero-order valence-electron chi connectivity index (χ0n) is 13.6. The van der Waals surface area contributed by atoms with Gasteiger partial charge in [0.15, 0.2) is 0 Å². The van der Waals surface area contributed by atoms with Gasteiger partial charge in [-0.05, 0) is 35.9 Å². The molecule has 26 heavy (non-hydrogen) atoms. The lowest BCUT2D eigenvalue weighted by Gasteiger charge is -2.28. The summed E-state index contributed by atoms with van der Waals surface area (Å²) in [6.45, 7) is 0. The van der Waals surface area contributed by atoms with E-state index < -0.39 is 23.8 Å². The van der Waals surface area contributed by atoms with Crippen molar-refractivity contribution in [1.29, 1.82) is 0 Å². The molecular formula is C18H14F3NO4. The van der Waals surface area contributed by atoms with E-state index in [0.29, 0.717) is 16.8 Å². The number of fused-ring (bicyclic) bond motifs is 1. The number of hydrogen-bond donors (Lipinski definition) is 1. The topological polar surface area (TPSA) is 68.1 Å². The quantitative estimate of drug-likeness (QED) is 0.825. The lowest BCUT2D eigenvalue weighted by molar-refractivity contribution is -0.137. The summed E-state index contributed by atoms with van der Waals surface area (Å²) in [7, 11) is 1.34. The summed E-state index contributed by atoms with van der Waals surface area (Å²) in [6, 6.07) is 9.22. The maximum atomic E-state index is 13.0. The Morgan fingerprint density at radius 3 is 2.69 bits per heavy atom. The summed E-state index contributed by atoms with van der Waals surface area (Å²) in [5.74, 6) is -1.08. The standard InChI is InChI=1S/C18H14F3NO4/c1-25-22-14-9-15(10-3-2-4-11(7-10)17(23)24)26-16-8-12(18(19,20)21)5-6-13(14)16/h2-8,15H,9H2,1H3,(H,23,24). The van der Waals surface area contributed by atoms with Gasteiger partial charge < -0.3 is 14.7 Å². The van der Waals surface area contributed by atoms with Crippen molar-refractivity contribution < 1.29 is 32.6 Å². The van der Waals surface area contributed by atoms with E-state index in [1.807, 2.05) is 0 Å². The van der Waals surface area contributed by atoms with Crippen LogP contribution in [0.3, 0.4) is 0 Å². The van der Waals surface area contributed by atoms with Gasteiger partial charge in [0, 0.05) is 12.0 Å². The zero-order chi connectivity index (χ0) is 18.9. The van der Waals surface area contributed by atoms with Crippen LogP contribution in [0.25, 0.3) is 0 Å². The van der Waals surface area contributed by atoms with E-state index in [2.05, 4.69) is 5.16 Å². The van der Waals surface area contributed by atoms with Crippen LogP contribution in [0, 0.1) is 0 Å². The van der Waals surface area contributed by atoms with Crippen LogP contribution in [0.15, 0.2) is 47.6 Å². The fourth-order valence-corrected chi connectivity index (χ4v) is 2.77. The van der Waals surface area contributed by atoms with E-state index in [4.69, 9.17) is 14.7 Å². The molecule has 0 spiro atoms. The molecule has 1 unspecified atom stereocenters. The largest absolute Gasteiger partial charge is 0.485 e. The molecule has 1 aliphatic heterocycles. The van der Waals surface area contributed by atoms with Crippen molar-refractivity contribution in [3.05, 3.63) is 64.7 Å². The maximum absolute atomic E-state index is 13.0. The Hall–Kier alpha value is -3.03. The maximum Gasteiger partial charge on any atom is 0.416 e. The van der Waals surface area contributed by atoms with Gasteiger partial charge >= 0.3 is 12.1 Å². The normalized spacial score (nSPS) is 18.2. The second-order valence-electron chi connectivity index (χ2n) is 5.67. The molecule has 0 aliphatic carbocycles. The molecule has 1 N–H and O–H groups in total. The summed E-state index contributed by atoms with van der Waals surface area (Å²) in [6.07, 6.45) is -4.96. The van der Waals surface area contributed by atoms with Crippen molar-refractivity contribution in [2.45, 2.75) is 18.7 Å². The lowest BCUT2D eigenvalue weighted by atomic mass is 9.94. The highest BCUT2D eigenvalue weighted by atomic mass is 19.4. The van der Waals surface area contributed by atoms with Crippen molar-refractivity contribution in [3.8, 4) is 5.75 Å². The molecule has 2 aromatic rings. The molecule has 1 aliphatic rings. The minimum absolute atomic E-state index is 0.0209. The number of carboxylic acid groups (broad SMARTS) is 1. The summed E-state index contributed by atoms with van der Waals surface area (Å²) in [5.41, 5.74) is 0.578. The second kappa shape index (κ2) is 6.70. The SMILES string of the molecule is CON=C1CC(c2cccc(C(=O)O)c2)Oc2cc(C(F)(F)F)ccc21. The molecule has 0 saturated carbocycles. The van der Waals surface area contributed by atoms with E-state index in [-0.39, 0.29) is 17.7 Å². The van der Waals surface area contributed by atoms with Gasteiger partial charge in [0.05, 0.1) is 16.8 Å². The van der Waals surface area contributed by atoms with E-state index in [9.17, 15) is 18.0 Å². The van der Waals surface area contributed by atoms with Crippen molar-refractivity contribution in [1.82, 2.24) is 0 Å². The summed E-state index contributed by atoms with van der Waals surface area (Å²) >= 11 is 0. The number of oxime groups is 1. The average Bonchev–Trinajstić information content (AvgIpc) is 2.60. The number of nitrogens with zero attached hydrogens (tertiary/aromatic N) is 1. The molecule has 0 radical (unpaired) electrons. The molecule has 3 rings (SSSR count). The van der Waals surface area contributed by atoms with Gasteiger partial charge in [-0.3, -0.25) is 0 Å². The Bertz CT molecular complexity index is 877. The van der Waals surface area contributed by atoms with E-state index in [1.165, 1.54) is 25.3 Å². The molecule has 1 heterocycles. The molecule has 136 valence electrons. The van der Waals surface area contributed by atoms with Crippen LogP contribution in [0.2, 0.25) is 0 Å². The number of hydrogen-bond acceptors (Lipinski definition) is 4. The third-order valence-corrected chi connectivity index (χ3v) is 3.97. The Kier molecular flexibility index (Phi) is 4.58. The van der Waals surface area contributed by atoms with Gasteiger partial charge in [-0.25, -0.2) is 4.79 Å². The van der Waals surface area contributed by atoms with Gasteiger partial charge in [-0.1, -0.05) is 17.3 Å². The van der Waals surface area contributed by atoms with Crippen LogP contribution in [-0.4, -0.2) is 23.9 Å². The average molecular weight is 365 g/mol. The van der Waals surface area contributed by atoms with E-state index >= 15 is 0 Å². The van der Waals surface area contributed by atoms with Crippen LogP contribution in [0.5, 0.6) is 5.75 Å². The monoisotopic (exact) mass is 365 g/mol. The number of alkyl halides is 3. The first-order valence-corrected chi connectivity index (χ1v) is 7.61. The first-order chi connectivity index (χ1) is 12.3. The Labute approximate surface area is 146 Å². The molecule has 0 fully saturated rings. The second-order valence-corrected chi connectivity index (χ2v) is 5.67. The van der Waals surface area contributed by atoms with Crippen molar-refractivity contribution >= 4 is 11.7 Å². The number of ether oxygens (including phenoxy) is 1. The number of carbonyl (C=O) groups is 1. The minimum Gasteiger partial charge on any atom is -0.485 e. The van der Waals surface area contributed by atoms with Crippen LogP contribution in [0.1, 0.15) is 39.6 Å². The highest BCUT2D eigenvalue weighted by Crippen LogP contribution is 2.39. The van der Waals surface area contributed by atoms with Crippen LogP contribution < -0.4 is 4.74 Å². The first-order valence-electron chi connectivity index (χ1n) is 7.61. The Balaban J connectivity index is 2.04. The van der Waals surface area contributed by atoms with Crippen molar-refractivity contribution in [2.24, 2.45) is 5.16 Å². The molecule has 1 atom stereocenters. The summed E-state index contributed by atoms with van der Waals surface area (Å²) in [4.78, 5) is 15.9. The fourth-order valence-electron chi connectivity index (χ4n) is 2.77. The molecule has 0 aromatic heterocycles. The Morgan fingerprint density at radius 2 is 2.04 bits per heavy atom. The van der Waals surface area contributed by atoms with Gasteiger partial charge in [-0.15, -0.1) is 0 Å². The number of benzene rings is 2. The third kappa shape index (κ3) is 3.49. The minimum atomic E-state index is -4.51. The molecular weight excluding hydrogens is 351 g/mol. The van der Waals surface area contributed by atoms with Gasteiger partial charge in [0.2, 0.25) is 0 Å². The molecule has 8 heteroatoms. The van der Waals surface area contributed by atoms with Crippen LogP contribution in [-0.2, 0) is 11.0 Å². The van der Waals surface area contributed by atoms with E-state index in [1.54, 1.807) is 12.1 Å². The molecule has 0 bridgehead atoms. The predicted molar refractivity (Wildman–Crippen MR) is 86.4 cm³/mol. The zero-order valence-corrected chi connectivity index (χ0v) is 13.6.